The number of aromatic nitrogens is 2. The number of hydrogen-bond donors (Lipinski definition) is 1. The van der Waals surface area contributed by atoms with Gasteiger partial charge in [-0.25, -0.2) is 0 Å². The molecule has 0 N–H and O–H groups in total. The molecule has 7 aromatic rings. The quantitative estimate of drug-likeness (QED) is 0.184. The normalized spacial score (nSPS) is 16.3. The molecule has 2 aromatic heterocycles. The van der Waals surface area contributed by atoms with E-state index in [1.165, 1.54) is 42.2 Å². The Morgan fingerprint density at radius 1 is 0.486 bits per heavy atom. The molecule has 0 aliphatic carbocycles. The van der Waals surface area contributed by atoms with Gasteiger partial charge in [0.25, 0.3) is 5.56 Å². The zero-order valence-electron chi connectivity index (χ0n) is 18.6. The van der Waals surface area contributed by atoms with Crippen LogP contribution in [0.15, 0.2) is 123 Å². The fourth-order valence-electron chi connectivity index (χ4n) is 6.43. The number of nitrogens with zero attached hydrogens (tertiary/aromatic N) is 2. The van der Waals surface area contributed by atoms with Crippen LogP contribution in [0, 0.1) is 0 Å². The topological polar surface area (TPSA) is 26.9 Å². The van der Waals surface area contributed by atoms with Crippen LogP contribution in [0.1, 0.15) is 0 Å². The fourth-order valence-corrected chi connectivity index (χ4v) is 9.32. The van der Waals surface area contributed by atoms with E-state index in [2.05, 4.69) is 89.5 Å². The van der Waals surface area contributed by atoms with E-state index in [1.807, 2.05) is 22.8 Å². The van der Waals surface area contributed by atoms with Crippen molar-refractivity contribution in [1.82, 2.24) is 9.13 Å². The van der Waals surface area contributed by atoms with Crippen molar-refractivity contribution in [3.63, 3.8) is 0 Å². The van der Waals surface area contributed by atoms with Gasteiger partial charge in [-0.1, -0.05) is 66.7 Å². The number of rotatable bonds is 0. The van der Waals surface area contributed by atoms with Crippen LogP contribution in [0.2, 0.25) is 0 Å². The maximum Gasteiger partial charge on any atom is 0.263 e. The summed E-state index contributed by atoms with van der Waals surface area (Å²) in [6.07, 6.45) is 0. The van der Waals surface area contributed by atoms with Gasteiger partial charge in [-0.2, -0.15) is 10.9 Å². The Kier molecular flexibility index (Phi) is 3.12. The minimum Gasteiger partial charge on any atom is -0.307 e. The Labute approximate surface area is 202 Å². The Morgan fingerprint density at radius 3 is 1.80 bits per heavy atom. The minimum absolute atomic E-state index is 0.0602. The van der Waals surface area contributed by atoms with Crippen LogP contribution >= 0.6 is 10.9 Å². The monoisotopic (exact) mass is 466 g/mol. The van der Waals surface area contributed by atoms with Crippen molar-refractivity contribution >= 4 is 54.4 Å². The maximum atomic E-state index is 14.0. The van der Waals surface area contributed by atoms with E-state index in [4.69, 9.17) is 0 Å². The van der Waals surface area contributed by atoms with Crippen molar-refractivity contribution in [2.24, 2.45) is 0 Å². The largest absolute Gasteiger partial charge is 0.307 e. The molecule has 0 radical (unpaired) electrons. The Bertz CT molecular complexity index is 2150. The molecule has 0 fully saturated rings. The summed E-state index contributed by atoms with van der Waals surface area (Å²) in [6, 6.07) is 36.5. The predicted molar refractivity (Wildman–Crippen MR) is 145 cm³/mol. The number of pyridine rings is 1. The standard InChI is InChI=1S/C31H18N2OS/c34-31-22-10-2-1-8-18(22)20-11-5-17-27-29(20)33(31)25-15-7-14-24-30(25)35(27)26-16-6-12-21-19-9-3-4-13-23(19)32(24)28(21)26/h1-17,35H. The van der Waals surface area contributed by atoms with E-state index < -0.39 is 10.9 Å². The Balaban J connectivity index is 1.59. The van der Waals surface area contributed by atoms with Crippen LogP contribution < -0.4 is 5.56 Å². The third-order valence-corrected chi connectivity index (χ3v) is 10.3. The lowest BCUT2D eigenvalue weighted by atomic mass is 10.1. The molecule has 35 heavy (non-hydrogen) atoms. The summed E-state index contributed by atoms with van der Waals surface area (Å²) in [6.45, 7) is 0. The first-order chi connectivity index (χ1) is 17.3. The summed E-state index contributed by atoms with van der Waals surface area (Å²) < 4.78 is 4.41. The van der Waals surface area contributed by atoms with Gasteiger partial charge in [0.15, 0.2) is 0 Å². The molecule has 0 bridgehead atoms. The van der Waals surface area contributed by atoms with Gasteiger partial charge in [0.1, 0.15) is 0 Å². The van der Waals surface area contributed by atoms with Gasteiger partial charge in [-0.3, -0.25) is 9.36 Å². The second-order valence-corrected chi connectivity index (χ2v) is 11.4. The summed E-state index contributed by atoms with van der Waals surface area (Å²) in [5, 5.41) is 5.52. The molecule has 1 atom stereocenters. The number of para-hydroxylation sites is 3. The second-order valence-electron chi connectivity index (χ2n) is 9.37. The van der Waals surface area contributed by atoms with Crippen LogP contribution in [-0.4, -0.2) is 9.13 Å². The van der Waals surface area contributed by atoms with Crippen molar-refractivity contribution in [3.05, 3.63) is 113 Å². The van der Waals surface area contributed by atoms with Gasteiger partial charge in [0.05, 0.1) is 27.9 Å². The first kappa shape index (κ1) is 18.1. The van der Waals surface area contributed by atoms with Gasteiger partial charge >= 0.3 is 0 Å². The van der Waals surface area contributed by atoms with E-state index in [0.29, 0.717) is 0 Å². The molecule has 2 aliphatic heterocycles. The van der Waals surface area contributed by atoms with Crippen molar-refractivity contribution in [3.8, 4) is 11.4 Å². The van der Waals surface area contributed by atoms with Crippen molar-refractivity contribution < 1.29 is 0 Å². The molecule has 2 aliphatic rings. The van der Waals surface area contributed by atoms with E-state index in [9.17, 15) is 4.79 Å². The lowest BCUT2D eigenvalue weighted by Gasteiger charge is -2.38. The van der Waals surface area contributed by atoms with Crippen molar-refractivity contribution in [1.29, 1.82) is 0 Å². The number of thiol groups is 1. The summed E-state index contributed by atoms with van der Waals surface area (Å²) in [7, 11) is -0.815. The third kappa shape index (κ3) is 1.97. The number of fused-ring (bicyclic) bond motifs is 9. The zero-order chi connectivity index (χ0) is 22.8. The van der Waals surface area contributed by atoms with E-state index in [-0.39, 0.29) is 5.56 Å². The van der Waals surface area contributed by atoms with Gasteiger partial charge in [0, 0.05) is 36.2 Å². The molecule has 3 nitrogen and oxygen atoms in total. The molecule has 4 heteroatoms. The lowest BCUT2D eigenvalue weighted by molar-refractivity contribution is 0.963. The molecule has 164 valence electrons. The lowest BCUT2D eigenvalue weighted by Crippen LogP contribution is -2.24. The Hall–Kier alpha value is -4.28. The molecule has 9 rings (SSSR count). The highest BCUT2D eigenvalue weighted by molar-refractivity contribution is 8.17. The Morgan fingerprint density at radius 2 is 1.03 bits per heavy atom. The SMILES string of the molecule is O=c1c2ccccc2c2cccc3c2n1-c1cccc2c1[SH]3c1cccc3c4ccccc4n-2c13. The van der Waals surface area contributed by atoms with Crippen LogP contribution in [0.4, 0.5) is 0 Å². The summed E-state index contributed by atoms with van der Waals surface area (Å²) in [5.41, 5.74) is 5.86. The molecular formula is C31H18N2OS. The average Bonchev–Trinajstić information content (AvgIpc) is 3.25. The number of hydrogen-bond acceptors (Lipinski definition) is 1. The molecule has 0 saturated carbocycles. The smallest absolute Gasteiger partial charge is 0.263 e. The highest BCUT2D eigenvalue weighted by Crippen LogP contribution is 2.64. The molecule has 0 spiro atoms. The van der Waals surface area contributed by atoms with E-state index in [1.54, 1.807) is 0 Å². The second kappa shape index (κ2) is 6.04. The van der Waals surface area contributed by atoms with Gasteiger partial charge in [-0.15, -0.1) is 0 Å². The average molecular weight is 467 g/mol. The minimum atomic E-state index is -0.815. The molecule has 0 amide bonds. The zero-order valence-corrected chi connectivity index (χ0v) is 19.5. The maximum absolute atomic E-state index is 14.0. The molecule has 5 aromatic carbocycles. The molecule has 4 heterocycles. The fraction of sp³-hybridized carbons (Fsp3) is 0. The van der Waals surface area contributed by atoms with Crippen LogP contribution in [0.5, 0.6) is 0 Å². The highest BCUT2D eigenvalue weighted by atomic mass is 32.2. The first-order valence-electron chi connectivity index (χ1n) is 11.9. The van der Waals surface area contributed by atoms with Gasteiger partial charge < -0.3 is 4.57 Å². The third-order valence-electron chi connectivity index (χ3n) is 7.74. The van der Waals surface area contributed by atoms with Crippen molar-refractivity contribution in [2.45, 2.75) is 14.7 Å². The highest BCUT2D eigenvalue weighted by Gasteiger charge is 2.35. The molecular weight excluding hydrogens is 448 g/mol. The van der Waals surface area contributed by atoms with E-state index >= 15 is 0 Å². The predicted octanol–water partition coefficient (Wildman–Crippen LogP) is 7.35. The van der Waals surface area contributed by atoms with Gasteiger partial charge in [0.2, 0.25) is 0 Å². The van der Waals surface area contributed by atoms with E-state index in [0.717, 1.165) is 27.4 Å². The van der Waals surface area contributed by atoms with Crippen LogP contribution in [-0.2, 0) is 0 Å². The first-order valence-corrected chi connectivity index (χ1v) is 13.2. The summed E-state index contributed by atoms with van der Waals surface area (Å²) >= 11 is 0. The van der Waals surface area contributed by atoms with Crippen LogP contribution in [0.3, 0.4) is 0 Å². The van der Waals surface area contributed by atoms with Crippen LogP contribution in [0.25, 0.3) is 54.9 Å². The number of benzene rings is 5. The summed E-state index contributed by atoms with van der Waals surface area (Å²) in [4.78, 5) is 17.9. The summed E-state index contributed by atoms with van der Waals surface area (Å²) in [5.74, 6) is 0. The molecule has 1 unspecified atom stereocenters. The van der Waals surface area contributed by atoms with Gasteiger partial charge in [-0.05, 0) is 41.8 Å². The molecule has 0 saturated heterocycles. The van der Waals surface area contributed by atoms with Crippen molar-refractivity contribution in [2.75, 3.05) is 0 Å².